The van der Waals surface area contributed by atoms with Gasteiger partial charge in [0.1, 0.15) is 23.0 Å². The van der Waals surface area contributed by atoms with Crippen LogP contribution in [0.4, 0.5) is 0 Å². The fourth-order valence-corrected chi connectivity index (χ4v) is 10.6. The van der Waals surface area contributed by atoms with Gasteiger partial charge in [0.2, 0.25) is 0 Å². The predicted octanol–water partition coefficient (Wildman–Crippen LogP) is 16.3. The molecule has 0 spiro atoms. The van der Waals surface area contributed by atoms with E-state index in [4.69, 9.17) is 18.9 Å². The van der Waals surface area contributed by atoms with E-state index in [1.807, 2.05) is 0 Å². The first-order valence-electron chi connectivity index (χ1n) is 22.3. The summed E-state index contributed by atoms with van der Waals surface area (Å²) < 4.78 is 22.6. The summed E-state index contributed by atoms with van der Waals surface area (Å²) >= 11 is 0. The zero-order valence-electron chi connectivity index (χ0n) is 37.1. The van der Waals surface area contributed by atoms with Crippen LogP contribution in [0.3, 0.4) is 0 Å². The van der Waals surface area contributed by atoms with E-state index in [-0.39, 0.29) is 0 Å². The van der Waals surface area contributed by atoms with Gasteiger partial charge in [-0.05, 0) is 182 Å². The number of benzene rings is 8. The van der Waals surface area contributed by atoms with Crippen molar-refractivity contribution in [3.8, 4) is 112 Å². The summed E-state index contributed by atoms with van der Waals surface area (Å²) in [5.41, 5.74) is 19.1. The SMILES string of the molecule is COc1ccc(-c2c3cc4ccc5c(ccc6cc7c(-c8ccc(OC)cc8)c(-c8ccc(OC)cc8)c(-c8ccccc8)c-7c65)c4c-3c(-c3ccccc3)c2-c2ccc(OC)cc2)cc1. The lowest BCUT2D eigenvalue weighted by Gasteiger charge is -2.13. The Morgan fingerprint density at radius 2 is 0.515 bits per heavy atom. The Bertz CT molecular complexity index is 3370. The lowest BCUT2D eigenvalue weighted by molar-refractivity contribution is 0.414. The molecular weight excluding hydrogens is 809 g/mol. The van der Waals surface area contributed by atoms with Gasteiger partial charge in [-0.2, -0.15) is 0 Å². The number of rotatable bonds is 10. The van der Waals surface area contributed by atoms with Gasteiger partial charge in [0.25, 0.3) is 0 Å². The molecule has 66 heavy (non-hydrogen) atoms. The molecule has 0 bridgehead atoms. The summed E-state index contributed by atoms with van der Waals surface area (Å²) in [5, 5.41) is 7.39. The minimum Gasteiger partial charge on any atom is -0.497 e. The first-order valence-corrected chi connectivity index (χ1v) is 22.3. The third kappa shape index (κ3) is 6.06. The Morgan fingerprint density at radius 1 is 0.242 bits per heavy atom. The van der Waals surface area contributed by atoms with Crippen molar-refractivity contribution in [2.45, 2.75) is 0 Å². The van der Waals surface area contributed by atoms with E-state index in [0.717, 1.165) is 45.3 Å². The Labute approximate surface area is 384 Å². The highest BCUT2D eigenvalue weighted by Crippen LogP contribution is 2.60. The van der Waals surface area contributed by atoms with Crippen molar-refractivity contribution >= 4 is 32.3 Å². The highest BCUT2D eigenvalue weighted by Gasteiger charge is 2.33. The molecule has 0 amide bonds. The maximum atomic E-state index is 5.66. The van der Waals surface area contributed by atoms with Crippen molar-refractivity contribution in [2.75, 3.05) is 28.4 Å². The predicted molar refractivity (Wildman–Crippen MR) is 273 cm³/mol. The monoisotopic (exact) mass is 852 g/mol. The van der Waals surface area contributed by atoms with E-state index in [9.17, 15) is 0 Å². The van der Waals surface area contributed by atoms with Crippen molar-refractivity contribution in [2.24, 2.45) is 0 Å². The second kappa shape index (κ2) is 15.7. The maximum absolute atomic E-state index is 5.66. The van der Waals surface area contributed by atoms with E-state index < -0.39 is 0 Å². The molecule has 0 unspecified atom stereocenters. The second-order valence-corrected chi connectivity index (χ2v) is 16.9. The zero-order chi connectivity index (χ0) is 44.5. The molecule has 8 aromatic carbocycles. The Balaban J connectivity index is 1.22. The van der Waals surface area contributed by atoms with Crippen LogP contribution in [0, 0.1) is 0 Å². The molecule has 0 atom stereocenters. The number of hydrogen-bond acceptors (Lipinski definition) is 4. The Kier molecular flexibility index (Phi) is 9.35. The van der Waals surface area contributed by atoms with Crippen LogP contribution in [0.2, 0.25) is 0 Å². The number of methoxy groups -OCH3 is 4. The summed E-state index contributed by atoms with van der Waals surface area (Å²) in [6, 6.07) is 70.1. The minimum atomic E-state index is 0.825. The highest BCUT2D eigenvalue weighted by molar-refractivity contribution is 6.33. The van der Waals surface area contributed by atoms with Crippen LogP contribution >= 0.6 is 0 Å². The van der Waals surface area contributed by atoms with Gasteiger partial charge in [0.15, 0.2) is 0 Å². The lowest BCUT2D eigenvalue weighted by Crippen LogP contribution is -1.88. The average Bonchev–Trinajstić information content (AvgIpc) is 4.13. The molecule has 0 fully saturated rings. The molecule has 12 rings (SSSR count). The molecule has 0 aromatic heterocycles. The first kappa shape index (κ1) is 39.3. The van der Waals surface area contributed by atoms with Crippen molar-refractivity contribution in [3.05, 3.63) is 194 Å². The van der Waals surface area contributed by atoms with Gasteiger partial charge in [-0.15, -0.1) is 0 Å². The van der Waals surface area contributed by atoms with Crippen LogP contribution in [0.5, 0.6) is 23.0 Å². The van der Waals surface area contributed by atoms with E-state index in [0.29, 0.717) is 0 Å². The molecule has 0 aliphatic heterocycles. The molecule has 316 valence electrons. The summed E-state index contributed by atoms with van der Waals surface area (Å²) in [6.07, 6.45) is 0. The van der Waals surface area contributed by atoms with Crippen LogP contribution in [0.25, 0.3) is 121 Å². The van der Waals surface area contributed by atoms with Gasteiger partial charge < -0.3 is 18.9 Å². The van der Waals surface area contributed by atoms with Crippen LogP contribution in [0.1, 0.15) is 0 Å². The largest absolute Gasteiger partial charge is 0.497 e. The van der Waals surface area contributed by atoms with Crippen molar-refractivity contribution in [3.63, 3.8) is 0 Å². The van der Waals surface area contributed by atoms with Gasteiger partial charge in [0, 0.05) is 0 Å². The van der Waals surface area contributed by atoms with Gasteiger partial charge in [-0.25, -0.2) is 0 Å². The third-order valence-corrected chi connectivity index (χ3v) is 13.6. The molecule has 4 nitrogen and oxygen atoms in total. The number of ether oxygens (including phenoxy) is 4. The fourth-order valence-electron chi connectivity index (χ4n) is 10.6. The van der Waals surface area contributed by atoms with Crippen LogP contribution in [0.15, 0.2) is 194 Å². The maximum Gasteiger partial charge on any atom is 0.118 e. The molecular formula is C62H44O4. The quantitative estimate of drug-likeness (QED) is 0.137. The van der Waals surface area contributed by atoms with E-state index in [2.05, 4.69) is 194 Å². The third-order valence-electron chi connectivity index (χ3n) is 13.6. The highest BCUT2D eigenvalue weighted by atomic mass is 16.5. The topological polar surface area (TPSA) is 36.9 Å². The second-order valence-electron chi connectivity index (χ2n) is 16.9. The normalized spacial score (nSPS) is 11.6. The van der Waals surface area contributed by atoms with E-state index in [1.54, 1.807) is 28.4 Å². The lowest BCUT2D eigenvalue weighted by atomic mass is 9.90. The first-order chi connectivity index (χ1) is 32.6. The molecule has 0 radical (unpaired) electrons. The van der Waals surface area contributed by atoms with Crippen LogP contribution in [-0.2, 0) is 0 Å². The number of fused-ring (bicyclic) bond motifs is 9. The molecule has 4 heteroatoms. The van der Waals surface area contributed by atoms with E-state index in [1.165, 1.54) is 99.1 Å². The van der Waals surface area contributed by atoms with Gasteiger partial charge in [0.05, 0.1) is 28.4 Å². The Hall–Kier alpha value is -8.34. The molecule has 8 aromatic rings. The van der Waals surface area contributed by atoms with Crippen molar-refractivity contribution in [1.82, 2.24) is 0 Å². The van der Waals surface area contributed by atoms with Crippen molar-refractivity contribution < 1.29 is 18.9 Å². The standard InChI is InChI=1S/C62H44O4/c1-63-45-25-15-39(16-26-45)53-51-35-43-23-33-50-49(55(43)61(51)59(37-11-7-5-8-12-37)57(53)41-19-29-47(65-3)30-20-41)34-24-44-36-52-54(40-17-27-46(64-2)28-18-40)58(42-21-31-48(66-4)32-22-42)60(62(52)56(44)50)38-13-9-6-10-14-38/h5-36H,1-4H3. The summed E-state index contributed by atoms with van der Waals surface area (Å²) in [4.78, 5) is 0. The molecule has 4 aliphatic carbocycles. The summed E-state index contributed by atoms with van der Waals surface area (Å²) in [6.45, 7) is 0. The Morgan fingerprint density at radius 3 is 0.818 bits per heavy atom. The van der Waals surface area contributed by atoms with Crippen LogP contribution < -0.4 is 18.9 Å². The average molecular weight is 853 g/mol. The van der Waals surface area contributed by atoms with Gasteiger partial charge in [-0.3, -0.25) is 0 Å². The van der Waals surface area contributed by atoms with E-state index >= 15 is 0 Å². The number of hydrogen-bond donors (Lipinski definition) is 0. The molecule has 4 aliphatic rings. The molecule has 0 N–H and O–H groups in total. The van der Waals surface area contributed by atoms with Crippen LogP contribution in [-0.4, -0.2) is 28.4 Å². The summed E-state index contributed by atoms with van der Waals surface area (Å²) in [7, 11) is 6.88. The molecule has 0 heterocycles. The van der Waals surface area contributed by atoms with Gasteiger partial charge in [-0.1, -0.05) is 133 Å². The smallest absolute Gasteiger partial charge is 0.118 e. The molecule has 0 saturated carbocycles. The van der Waals surface area contributed by atoms with Crippen molar-refractivity contribution in [1.29, 1.82) is 0 Å². The zero-order valence-corrected chi connectivity index (χ0v) is 37.1. The fraction of sp³-hybridized carbons (Fsp3) is 0.0645. The van der Waals surface area contributed by atoms with Gasteiger partial charge >= 0.3 is 0 Å². The molecule has 0 saturated heterocycles. The summed E-state index contributed by atoms with van der Waals surface area (Å²) in [5.74, 6) is 3.30. The minimum absolute atomic E-state index is 0.825.